The number of phenols is 1. The highest BCUT2D eigenvalue weighted by molar-refractivity contribution is 5.91. The number of carbonyl (C=O) groups excluding carboxylic acids is 3. The molecule has 0 spiro atoms. The highest BCUT2D eigenvalue weighted by Crippen LogP contribution is 2.28. The fraction of sp³-hybridized carbons (Fsp3) is 0.419. The van der Waals surface area contributed by atoms with Gasteiger partial charge in [0.2, 0.25) is 11.8 Å². The van der Waals surface area contributed by atoms with Crippen molar-refractivity contribution in [2.75, 3.05) is 56.0 Å². The van der Waals surface area contributed by atoms with E-state index in [1.807, 2.05) is 83.8 Å². The molecule has 288 valence electrons. The summed E-state index contributed by atoms with van der Waals surface area (Å²) < 4.78 is 11.3. The molecule has 1 saturated heterocycles. The summed E-state index contributed by atoms with van der Waals surface area (Å²) >= 11 is 0. The van der Waals surface area contributed by atoms with Crippen molar-refractivity contribution in [3.05, 3.63) is 103 Å². The third kappa shape index (κ3) is 13.0. The fourth-order valence-electron chi connectivity index (χ4n) is 6.75. The first-order valence-corrected chi connectivity index (χ1v) is 19.3. The summed E-state index contributed by atoms with van der Waals surface area (Å²) in [6.45, 7) is 7.54. The SMILES string of the molecule is CCN(CCCC(=O)N(CCCCCNC(=O)CCN1CCC(OC(=O)Nc2ccccc2-c2ccccc2)CC1)Cc1ccc(O)cc1)c1ccco1. The van der Waals surface area contributed by atoms with Gasteiger partial charge in [-0.1, -0.05) is 60.7 Å². The van der Waals surface area contributed by atoms with Gasteiger partial charge < -0.3 is 34.3 Å². The summed E-state index contributed by atoms with van der Waals surface area (Å²) in [6.07, 6.45) is 6.65. The van der Waals surface area contributed by atoms with Crippen molar-refractivity contribution >= 4 is 29.5 Å². The van der Waals surface area contributed by atoms with Gasteiger partial charge in [0.1, 0.15) is 11.9 Å². The number of ether oxygens (including phenoxy) is 1. The number of rotatable bonds is 20. The molecular formula is C43H55N5O6. The number of carbonyl (C=O) groups is 3. The molecule has 1 fully saturated rings. The van der Waals surface area contributed by atoms with Gasteiger partial charge in [0, 0.05) is 76.8 Å². The van der Waals surface area contributed by atoms with Crippen LogP contribution in [0, 0.1) is 0 Å². The highest BCUT2D eigenvalue weighted by atomic mass is 16.6. The monoisotopic (exact) mass is 737 g/mol. The van der Waals surface area contributed by atoms with Crippen molar-refractivity contribution in [3.63, 3.8) is 0 Å². The van der Waals surface area contributed by atoms with Gasteiger partial charge in [-0.25, -0.2) is 4.79 Å². The lowest BCUT2D eigenvalue weighted by atomic mass is 10.0. The first-order valence-electron chi connectivity index (χ1n) is 19.3. The Labute approximate surface area is 319 Å². The van der Waals surface area contributed by atoms with Gasteiger partial charge in [-0.3, -0.25) is 14.9 Å². The number of nitrogens with zero attached hydrogens (tertiary/aromatic N) is 3. The first kappa shape index (κ1) is 39.9. The van der Waals surface area contributed by atoms with Crippen LogP contribution in [0.15, 0.2) is 102 Å². The summed E-state index contributed by atoms with van der Waals surface area (Å²) in [4.78, 5) is 45.0. The number of para-hydroxylation sites is 1. The Bertz CT molecular complexity index is 1710. The van der Waals surface area contributed by atoms with E-state index in [2.05, 4.69) is 27.4 Å². The maximum atomic E-state index is 13.3. The molecule has 1 aromatic heterocycles. The van der Waals surface area contributed by atoms with E-state index in [-0.39, 0.29) is 23.7 Å². The van der Waals surface area contributed by atoms with Gasteiger partial charge in [-0.05, 0) is 80.8 Å². The van der Waals surface area contributed by atoms with Crippen molar-refractivity contribution in [2.45, 2.75) is 70.9 Å². The van der Waals surface area contributed by atoms with E-state index in [9.17, 15) is 19.5 Å². The van der Waals surface area contributed by atoms with Gasteiger partial charge in [0.25, 0.3) is 0 Å². The quantitative estimate of drug-likeness (QED) is 0.0789. The zero-order chi connectivity index (χ0) is 38.0. The maximum absolute atomic E-state index is 13.3. The summed E-state index contributed by atoms with van der Waals surface area (Å²) in [5, 5.41) is 15.7. The second-order valence-electron chi connectivity index (χ2n) is 13.8. The molecule has 0 radical (unpaired) electrons. The molecule has 4 aromatic rings. The van der Waals surface area contributed by atoms with E-state index < -0.39 is 6.09 Å². The minimum Gasteiger partial charge on any atom is -0.508 e. The van der Waals surface area contributed by atoms with Crippen LogP contribution in [0.4, 0.5) is 16.4 Å². The van der Waals surface area contributed by atoms with Gasteiger partial charge in [-0.15, -0.1) is 0 Å². The summed E-state index contributed by atoms with van der Waals surface area (Å²) in [5.41, 5.74) is 3.66. The number of anilines is 2. The number of likely N-dealkylation sites (tertiary alicyclic amines) is 1. The van der Waals surface area contributed by atoms with Gasteiger partial charge in [0.05, 0.1) is 12.0 Å². The minimum absolute atomic E-state index is 0.0321. The second-order valence-corrected chi connectivity index (χ2v) is 13.8. The highest BCUT2D eigenvalue weighted by Gasteiger charge is 2.23. The van der Waals surface area contributed by atoms with Gasteiger partial charge in [-0.2, -0.15) is 0 Å². The molecule has 1 aliphatic heterocycles. The summed E-state index contributed by atoms with van der Waals surface area (Å²) in [7, 11) is 0. The number of piperidine rings is 1. The average Bonchev–Trinajstić information content (AvgIpc) is 3.73. The molecular weight excluding hydrogens is 683 g/mol. The number of hydrogen-bond acceptors (Lipinski definition) is 8. The Hall–Kier alpha value is -5.29. The predicted octanol–water partition coefficient (Wildman–Crippen LogP) is 7.68. The number of benzene rings is 3. The van der Waals surface area contributed by atoms with E-state index in [1.165, 1.54) is 0 Å². The van der Waals surface area contributed by atoms with Gasteiger partial charge in [0.15, 0.2) is 5.88 Å². The number of aromatic hydroxyl groups is 1. The van der Waals surface area contributed by atoms with Crippen molar-refractivity contribution in [3.8, 4) is 16.9 Å². The lowest BCUT2D eigenvalue weighted by molar-refractivity contribution is -0.132. The molecule has 0 saturated carbocycles. The topological polar surface area (TPSA) is 128 Å². The Morgan fingerprint density at radius 1 is 0.852 bits per heavy atom. The lowest BCUT2D eigenvalue weighted by Crippen LogP contribution is -2.40. The molecule has 3 N–H and O–H groups in total. The largest absolute Gasteiger partial charge is 0.508 e. The van der Waals surface area contributed by atoms with E-state index in [4.69, 9.17) is 9.15 Å². The summed E-state index contributed by atoms with van der Waals surface area (Å²) in [5.74, 6) is 1.16. The molecule has 2 heterocycles. The van der Waals surface area contributed by atoms with Crippen LogP contribution in [0.5, 0.6) is 5.75 Å². The summed E-state index contributed by atoms with van der Waals surface area (Å²) in [6, 6.07) is 28.4. The standard InChI is InChI=1S/C43H55N5O6/c1-2-47(42-18-12-32-53-42)28-11-17-41(51)48(33-34-19-21-36(49)22-20-34)27-10-4-9-26-44-40(50)25-31-46-29-23-37(24-30-46)54-43(52)45-39-16-8-7-15-38(39)35-13-5-3-6-14-35/h3,5-8,12-16,18-22,32,37,49H,2,4,9-11,17,23-31,33H2,1H3,(H,44,50)(H,45,52). The molecule has 0 atom stereocenters. The van der Waals surface area contributed by atoms with Crippen molar-refractivity contribution in [2.24, 2.45) is 0 Å². The Balaban J connectivity index is 0.946. The smallest absolute Gasteiger partial charge is 0.411 e. The number of amides is 3. The number of furan rings is 1. The Morgan fingerprint density at radius 3 is 2.35 bits per heavy atom. The number of hydrogen-bond donors (Lipinski definition) is 3. The van der Waals surface area contributed by atoms with Crippen LogP contribution in [-0.2, 0) is 20.9 Å². The van der Waals surface area contributed by atoms with Crippen LogP contribution >= 0.6 is 0 Å². The van der Waals surface area contributed by atoms with E-state index in [1.54, 1.807) is 18.4 Å². The molecule has 0 unspecified atom stereocenters. The lowest BCUT2D eigenvalue weighted by Gasteiger charge is -2.31. The van der Waals surface area contributed by atoms with Crippen LogP contribution in [0.3, 0.4) is 0 Å². The van der Waals surface area contributed by atoms with E-state index in [0.717, 1.165) is 87.3 Å². The van der Waals surface area contributed by atoms with Crippen LogP contribution in [0.25, 0.3) is 11.1 Å². The molecule has 1 aliphatic rings. The zero-order valence-electron chi connectivity index (χ0n) is 31.5. The van der Waals surface area contributed by atoms with Gasteiger partial charge >= 0.3 is 6.09 Å². The van der Waals surface area contributed by atoms with Crippen molar-refractivity contribution in [1.29, 1.82) is 0 Å². The van der Waals surface area contributed by atoms with Crippen molar-refractivity contribution in [1.82, 2.24) is 15.1 Å². The minimum atomic E-state index is -0.451. The molecule has 11 nitrogen and oxygen atoms in total. The average molecular weight is 738 g/mol. The number of unbranched alkanes of at least 4 members (excludes halogenated alkanes) is 2. The molecule has 5 rings (SSSR count). The van der Waals surface area contributed by atoms with E-state index in [0.29, 0.717) is 44.7 Å². The zero-order valence-corrected chi connectivity index (χ0v) is 31.5. The van der Waals surface area contributed by atoms with Crippen LogP contribution < -0.4 is 15.5 Å². The predicted molar refractivity (Wildman–Crippen MR) is 212 cm³/mol. The first-order chi connectivity index (χ1) is 26.4. The van der Waals surface area contributed by atoms with E-state index >= 15 is 0 Å². The molecule has 0 aliphatic carbocycles. The van der Waals surface area contributed by atoms with Crippen molar-refractivity contribution < 1.29 is 28.6 Å². The molecule has 3 aromatic carbocycles. The fourth-order valence-corrected chi connectivity index (χ4v) is 6.75. The Morgan fingerprint density at radius 2 is 1.61 bits per heavy atom. The number of phenolic OH excluding ortho intramolecular Hbond substituents is 1. The third-order valence-corrected chi connectivity index (χ3v) is 9.82. The third-order valence-electron chi connectivity index (χ3n) is 9.82. The molecule has 11 heteroatoms. The van der Waals surface area contributed by atoms with Crippen LogP contribution in [-0.4, -0.2) is 84.7 Å². The second kappa shape index (κ2) is 21.4. The maximum Gasteiger partial charge on any atom is 0.411 e. The Kier molecular flexibility index (Phi) is 15.8. The molecule has 54 heavy (non-hydrogen) atoms. The van der Waals surface area contributed by atoms with Crippen LogP contribution in [0.2, 0.25) is 0 Å². The number of nitrogens with one attached hydrogen (secondary N) is 2. The van der Waals surface area contributed by atoms with Crippen LogP contribution in [0.1, 0.15) is 63.9 Å². The normalized spacial score (nSPS) is 13.3. The molecule has 0 bridgehead atoms. The molecule has 3 amide bonds.